The minimum absolute atomic E-state index is 0.211. The highest BCUT2D eigenvalue weighted by Gasteiger charge is 2.32. The van der Waals surface area contributed by atoms with Crippen LogP contribution in [0.2, 0.25) is 0 Å². The lowest BCUT2D eigenvalue weighted by Crippen LogP contribution is -2.54. The third-order valence-electron chi connectivity index (χ3n) is 4.63. The Morgan fingerprint density at radius 1 is 0.957 bits per heavy atom. The van der Waals surface area contributed by atoms with Gasteiger partial charge >= 0.3 is 0 Å². The summed E-state index contributed by atoms with van der Waals surface area (Å²) in [5.41, 5.74) is 2.13. The summed E-state index contributed by atoms with van der Waals surface area (Å²) in [7, 11) is 2.12. The third kappa shape index (κ3) is 3.45. The van der Waals surface area contributed by atoms with Crippen LogP contribution in [0.5, 0.6) is 0 Å². The Morgan fingerprint density at radius 3 is 1.96 bits per heavy atom. The van der Waals surface area contributed by atoms with Gasteiger partial charge in [-0.2, -0.15) is 0 Å². The summed E-state index contributed by atoms with van der Waals surface area (Å²) in [6.45, 7) is 4.81. The molecule has 0 bridgehead atoms. The molecule has 1 aliphatic rings. The van der Waals surface area contributed by atoms with Gasteiger partial charge in [0.25, 0.3) is 0 Å². The van der Waals surface area contributed by atoms with E-state index in [1.165, 1.54) is 0 Å². The predicted molar refractivity (Wildman–Crippen MR) is 93.4 cm³/mol. The molecule has 3 rings (SSSR count). The maximum atomic E-state index is 13.3. The molecule has 1 heterocycles. The molecule has 0 aliphatic carbocycles. The first-order valence-electron chi connectivity index (χ1n) is 8.25. The lowest BCUT2D eigenvalue weighted by molar-refractivity contribution is -0.136. The Bertz CT molecular complexity index is 602. The molecule has 2 aromatic rings. The van der Waals surface area contributed by atoms with E-state index in [1.807, 2.05) is 41.3 Å². The maximum absolute atomic E-state index is 13.3. The molecule has 0 N–H and O–H groups in total. The highest BCUT2D eigenvalue weighted by Crippen LogP contribution is 2.28. The molecule has 3 heteroatoms. The van der Waals surface area contributed by atoms with E-state index < -0.39 is 0 Å². The van der Waals surface area contributed by atoms with Crippen LogP contribution in [0.3, 0.4) is 0 Å². The molecule has 23 heavy (non-hydrogen) atoms. The molecule has 1 unspecified atom stereocenters. The van der Waals surface area contributed by atoms with Gasteiger partial charge in [-0.25, -0.2) is 0 Å². The average molecular weight is 308 g/mol. The monoisotopic (exact) mass is 308 g/mol. The summed E-state index contributed by atoms with van der Waals surface area (Å²) in [4.78, 5) is 17.7. The number of amides is 1. The van der Waals surface area contributed by atoms with Crippen molar-refractivity contribution in [2.75, 3.05) is 26.7 Å². The highest BCUT2D eigenvalue weighted by molar-refractivity contribution is 5.87. The van der Waals surface area contributed by atoms with E-state index >= 15 is 0 Å². The van der Waals surface area contributed by atoms with Crippen molar-refractivity contribution in [3.8, 4) is 0 Å². The number of likely N-dealkylation sites (N-methyl/N-ethyl adjacent to an activating group) is 1. The fraction of sp³-hybridized carbons (Fsp3) is 0.350. The van der Waals surface area contributed by atoms with Crippen molar-refractivity contribution in [3.63, 3.8) is 0 Å². The van der Waals surface area contributed by atoms with Crippen LogP contribution in [0.15, 0.2) is 60.7 Å². The molecule has 1 fully saturated rings. The van der Waals surface area contributed by atoms with Gasteiger partial charge in [0.2, 0.25) is 5.91 Å². The normalized spacial score (nSPS) is 19.1. The zero-order valence-electron chi connectivity index (χ0n) is 13.9. The van der Waals surface area contributed by atoms with Gasteiger partial charge in [0, 0.05) is 25.7 Å². The molecule has 2 aromatic carbocycles. The smallest absolute Gasteiger partial charge is 0.234 e. The van der Waals surface area contributed by atoms with Crippen LogP contribution in [0.1, 0.15) is 24.0 Å². The first kappa shape index (κ1) is 15.8. The third-order valence-corrected chi connectivity index (χ3v) is 4.63. The van der Waals surface area contributed by atoms with Gasteiger partial charge in [0.15, 0.2) is 0 Å². The van der Waals surface area contributed by atoms with Crippen LogP contribution in [0.25, 0.3) is 0 Å². The van der Waals surface area contributed by atoms with Gasteiger partial charge < -0.3 is 9.80 Å². The first-order chi connectivity index (χ1) is 11.2. The van der Waals surface area contributed by atoms with Crippen LogP contribution >= 0.6 is 0 Å². The van der Waals surface area contributed by atoms with Crippen LogP contribution < -0.4 is 0 Å². The maximum Gasteiger partial charge on any atom is 0.234 e. The summed E-state index contributed by atoms with van der Waals surface area (Å²) in [5.74, 6) is -0.00810. The van der Waals surface area contributed by atoms with E-state index in [-0.39, 0.29) is 17.9 Å². The van der Waals surface area contributed by atoms with Crippen LogP contribution in [-0.2, 0) is 4.79 Å². The predicted octanol–water partition coefficient (Wildman–Crippen LogP) is 2.98. The molecule has 3 nitrogen and oxygen atoms in total. The van der Waals surface area contributed by atoms with Gasteiger partial charge in [-0.1, -0.05) is 60.7 Å². The molecule has 120 valence electrons. The van der Waals surface area contributed by atoms with Gasteiger partial charge in [-0.3, -0.25) is 4.79 Å². The number of carbonyl (C=O) groups excluding carboxylic acids is 1. The number of carbonyl (C=O) groups is 1. The molecule has 1 saturated heterocycles. The summed E-state index contributed by atoms with van der Waals surface area (Å²) in [6.07, 6.45) is 0. The fourth-order valence-electron chi connectivity index (χ4n) is 3.40. The van der Waals surface area contributed by atoms with E-state index in [4.69, 9.17) is 0 Å². The van der Waals surface area contributed by atoms with E-state index in [0.717, 1.165) is 30.8 Å². The van der Waals surface area contributed by atoms with E-state index in [0.29, 0.717) is 0 Å². The Morgan fingerprint density at radius 2 is 1.48 bits per heavy atom. The fourth-order valence-corrected chi connectivity index (χ4v) is 3.40. The zero-order valence-corrected chi connectivity index (χ0v) is 13.9. The number of rotatable bonds is 3. The van der Waals surface area contributed by atoms with Gasteiger partial charge in [0.1, 0.15) is 0 Å². The van der Waals surface area contributed by atoms with Gasteiger partial charge in [0.05, 0.1) is 5.92 Å². The van der Waals surface area contributed by atoms with Gasteiger partial charge in [-0.15, -0.1) is 0 Å². The van der Waals surface area contributed by atoms with Crippen molar-refractivity contribution in [3.05, 3.63) is 71.8 Å². The molecule has 0 saturated carbocycles. The number of hydrogen-bond donors (Lipinski definition) is 0. The van der Waals surface area contributed by atoms with Crippen LogP contribution in [-0.4, -0.2) is 48.4 Å². The summed E-state index contributed by atoms with van der Waals surface area (Å²) in [6, 6.07) is 20.5. The van der Waals surface area contributed by atoms with Crippen molar-refractivity contribution in [2.45, 2.75) is 18.9 Å². The SMILES string of the molecule is CC1CN(C)CCN1C(=O)C(c1ccccc1)c1ccccc1. The second kappa shape index (κ2) is 6.97. The lowest BCUT2D eigenvalue weighted by atomic mass is 9.89. The van der Waals surface area contributed by atoms with E-state index in [1.54, 1.807) is 0 Å². The zero-order chi connectivity index (χ0) is 16.2. The Balaban J connectivity index is 1.94. The van der Waals surface area contributed by atoms with Crippen molar-refractivity contribution in [2.24, 2.45) is 0 Å². The largest absolute Gasteiger partial charge is 0.337 e. The molecule has 1 amide bonds. The molecular formula is C20H24N2O. The quantitative estimate of drug-likeness (QED) is 0.870. The van der Waals surface area contributed by atoms with Crippen molar-refractivity contribution in [1.82, 2.24) is 9.80 Å². The molecule has 0 spiro atoms. The average Bonchev–Trinajstić information content (AvgIpc) is 2.57. The second-order valence-electron chi connectivity index (χ2n) is 6.40. The number of piperazine rings is 1. The van der Waals surface area contributed by atoms with Crippen molar-refractivity contribution in [1.29, 1.82) is 0 Å². The summed E-state index contributed by atoms with van der Waals surface area (Å²) < 4.78 is 0. The van der Waals surface area contributed by atoms with Crippen LogP contribution in [0.4, 0.5) is 0 Å². The minimum Gasteiger partial charge on any atom is -0.337 e. The molecule has 0 radical (unpaired) electrons. The molecule has 0 aromatic heterocycles. The van der Waals surface area contributed by atoms with Crippen molar-refractivity contribution < 1.29 is 4.79 Å². The van der Waals surface area contributed by atoms with Crippen molar-refractivity contribution >= 4 is 5.91 Å². The Hall–Kier alpha value is -2.13. The lowest BCUT2D eigenvalue weighted by Gasteiger charge is -2.40. The minimum atomic E-state index is -0.219. The topological polar surface area (TPSA) is 23.6 Å². The Labute approximate surface area is 138 Å². The van der Waals surface area contributed by atoms with E-state index in [2.05, 4.69) is 43.1 Å². The van der Waals surface area contributed by atoms with E-state index in [9.17, 15) is 4.79 Å². The molecular weight excluding hydrogens is 284 g/mol. The Kier molecular flexibility index (Phi) is 4.77. The highest BCUT2D eigenvalue weighted by atomic mass is 16.2. The number of benzene rings is 2. The van der Waals surface area contributed by atoms with Crippen LogP contribution in [0, 0.1) is 0 Å². The summed E-state index contributed by atoms with van der Waals surface area (Å²) in [5, 5.41) is 0. The molecule has 1 atom stereocenters. The van der Waals surface area contributed by atoms with Gasteiger partial charge in [-0.05, 0) is 25.1 Å². The molecule has 1 aliphatic heterocycles. The first-order valence-corrected chi connectivity index (χ1v) is 8.25. The summed E-state index contributed by atoms with van der Waals surface area (Å²) >= 11 is 0. The standard InChI is InChI=1S/C20H24N2O/c1-16-15-21(2)13-14-22(16)20(23)19(17-9-5-3-6-10-17)18-11-7-4-8-12-18/h3-12,16,19H,13-15H2,1-2H3. The second-order valence-corrected chi connectivity index (χ2v) is 6.40. The number of hydrogen-bond acceptors (Lipinski definition) is 2. The number of nitrogens with zero attached hydrogens (tertiary/aromatic N) is 2.